The summed E-state index contributed by atoms with van der Waals surface area (Å²) in [6.45, 7) is -0.513. The van der Waals surface area contributed by atoms with Crippen molar-refractivity contribution >= 4 is 41.3 Å². The summed E-state index contributed by atoms with van der Waals surface area (Å²) in [7, 11) is 1.39. The summed E-state index contributed by atoms with van der Waals surface area (Å²) in [4.78, 5) is 34.2. The Morgan fingerprint density at radius 3 is 2.57 bits per heavy atom. The summed E-state index contributed by atoms with van der Waals surface area (Å²) in [6, 6.07) is 11.1. The Hall–Kier alpha value is -3.59. The molecule has 0 heterocycles. The molecule has 0 fully saturated rings. The first-order valence-electron chi connectivity index (χ1n) is 7.82. The largest absolute Gasteiger partial charge is 0.493 e. The second-order valence-electron chi connectivity index (χ2n) is 5.23. The molecule has 0 bridgehead atoms. The zero-order valence-electron chi connectivity index (χ0n) is 14.6. The molecule has 28 heavy (non-hydrogen) atoms. The van der Waals surface area contributed by atoms with Crippen LogP contribution < -0.4 is 20.2 Å². The predicted molar refractivity (Wildman–Crippen MR) is 102 cm³/mol. The average Bonchev–Trinajstić information content (AvgIpc) is 2.68. The molecule has 10 heteroatoms. The van der Waals surface area contributed by atoms with Gasteiger partial charge in [0, 0.05) is 0 Å². The van der Waals surface area contributed by atoms with Crippen LogP contribution in [-0.2, 0) is 14.4 Å². The van der Waals surface area contributed by atoms with Gasteiger partial charge in [-0.05, 0) is 35.9 Å². The number of hydrogen-bond acceptors (Lipinski definition) is 6. The molecule has 0 radical (unpaired) electrons. The van der Waals surface area contributed by atoms with Gasteiger partial charge in [-0.3, -0.25) is 9.59 Å². The fraction of sp³-hybridized carbons (Fsp3) is 0.111. The predicted octanol–water partition coefficient (Wildman–Crippen LogP) is 1.90. The molecule has 0 saturated heterocycles. The zero-order valence-corrected chi connectivity index (χ0v) is 15.4. The van der Waals surface area contributed by atoms with E-state index in [2.05, 4.69) is 15.8 Å². The SMILES string of the molecule is COc1cc(/C=N\NC(=O)C(=O)Nc2ccccc2Cl)ccc1OCC(=O)O. The molecular formula is C18H16ClN3O6. The molecule has 0 aliphatic carbocycles. The maximum absolute atomic E-state index is 11.8. The average molecular weight is 406 g/mol. The minimum absolute atomic E-state index is 0.241. The molecule has 0 aliphatic heterocycles. The van der Waals surface area contributed by atoms with Gasteiger partial charge in [0.2, 0.25) is 0 Å². The lowest BCUT2D eigenvalue weighted by Crippen LogP contribution is -2.32. The van der Waals surface area contributed by atoms with Gasteiger partial charge >= 0.3 is 17.8 Å². The number of anilines is 1. The van der Waals surface area contributed by atoms with Crippen molar-refractivity contribution in [3.05, 3.63) is 53.1 Å². The van der Waals surface area contributed by atoms with Gasteiger partial charge in [0.05, 0.1) is 24.0 Å². The number of methoxy groups -OCH3 is 1. The first kappa shape index (κ1) is 20.7. The van der Waals surface area contributed by atoms with Crippen molar-refractivity contribution in [2.45, 2.75) is 0 Å². The molecule has 0 aromatic heterocycles. The molecular weight excluding hydrogens is 390 g/mol. The van der Waals surface area contributed by atoms with Gasteiger partial charge in [-0.2, -0.15) is 5.10 Å². The third-order valence-corrected chi connectivity index (χ3v) is 3.58. The third-order valence-electron chi connectivity index (χ3n) is 3.25. The number of aliphatic carboxylic acids is 1. The van der Waals surface area contributed by atoms with E-state index in [1.807, 2.05) is 0 Å². The second-order valence-corrected chi connectivity index (χ2v) is 5.63. The number of nitrogens with zero attached hydrogens (tertiary/aromatic N) is 1. The number of carbonyl (C=O) groups is 3. The Bertz CT molecular complexity index is 916. The Kier molecular flexibility index (Phi) is 7.35. The minimum Gasteiger partial charge on any atom is -0.493 e. The van der Waals surface area contributed by atoms with Crippen LogP contribution in [0.1, 0.15) is 5.56 Å². The summed E-state index contributed by atoms with van der Waals surface area (Å²) >= 11 is 5.91. The lowest BCUT2D eigenvalue weighted by molar-refractivity contribution is -0.139. The number of carboxylic acid groups (broad SMARTS) is 1. The Labute approximate surface area is 164 Å². The first-order valence-corrected chi connectivity index (χ1v) is 8.20. The number of rotatable bonds is 7. The standard InChI is InChI=1S/C18H16ClN3O6/c1-27-15-8-11(6-7-14(15)28-10-16(23)24)9-20-22-18(26)17(25)21-13-5-3-2-4-12(13)19/h2-9H,10H2,1H3,(H,21,25)(H,22,26)(H,23,24)/b20-9-. The van der Waals surface area contributed by atoms with Crippen molar-refractivity contribution < 1.29 is 29.0 Å². The van der Waals surface area contributed by atoms with E-state index in [1.165, 1.54) is 25.5 Å². The maximum atomic E-state index is 11.8. The van der Waals surface area contributed by atoms with Crippen LogP contribution in [0, 0.1) is 0 Å². The van der Waals surface area contributed by atoms with Crippen molar-refractivity contribution in [2.24, 2.45) is 5.10 Å². The topological polar surface area (TPSA) is 126 Å². The molecule has 0 atom stereocenters. The number of carbonyl (C=O) groups excluding carboxylic acids is 2. The Morgan fingerprint density at radius 1 is 1.14 bits per heavy atom. The van der Waals surface area contributed by atoms with Crippen LogP contribution in [-0.4, -0.2) is 42.8 Å². The van der Waals surface area contributed by atoms with E-state index in [1.54, 1.807) is 30.3 Å². The normalized spacial score (nSPS) is 10.4. The molecule has 0 aliphatic rings. The molecule has 146 valence electrons. The third kappa shape index (κ3) is 5.99. The summed E-state index contributed by atoms with van der Waals surface area (Å²) in [5.41, 5.74) is 2.91. The number of benzene rings is 2. The summed E-state index contributed by atoms with van der Waals surface area (Å²) < 4.78 is 10.2. The van der Waals surface area contributed by atoms with Crippen LogP contribution in [0.2, 0.25) is 5.02 Å². The van der Waals surface area contributed by atoms with E-state index in [0.717, 1.165) is 0 Å². The summed E-state index contributed by atoms with van der Waals surface area (Å²) in [5, 5.41) is 15.0. The molecule has 2 aromatic carbocycles. The van der Waals surface area contributed by atoms with Gasteiger partial charge in [0.15, 0.2) is 18.1 Å². The molecule has 2 amide bonds. The van der Waals surface area contributed by atoms with Gasteiger partial charge in [-0.25, -0.2) is 10.2 Å². The van der Waals surface area contributed by atoms with Crippen molar-refractivity contribution in [3.8, 4) is 11.5 Å². The fourth-order valence-electron chi connectivity index (χ4n) is 1.98. The first-order chi connectivity index (χ1) is 13.4. The van der Waals surface area contributed by atoms with E-state index in [9.17, 15) is 14.4 Å². The maximum Gasteiger partial charge on any atom is 0.341 e. The number of para-hydroxylation sites is 1. The van der Waals surface area contributed by atoms with Gasteiger partial charge in [0.25, 0.3) is 0 Å². The van der Waals surface area contributed by atoms with Gasteiger partial charge in [-0.1, -0.05) is 23.7 Å². The Balaban J connectivity index is 1.96. The molecule has 0 spiro atoms. The van der Waals surface area contributed by atoms with Crippen LogP contribution in [0.4, 0.5) is 5.69 Å². The summed E-state index contributed by atoms with van der Waals surface area (Å²) in [6.07, 6.45) is 1.28. The fourth-order valence-corrected chi connectivity index (χ4v) is 2.16. The molecule has 2 aromatic rings. The van der Waals surface area contributed by atoms with Crippen molar-refractivity contribution in [3.63, 3.8) is 0 Å². The lowest BCUT2D eigenvalue weighted by atomic mass is 10.2. The van der Waals surface area contributed by atoms with Gasteiger partial charge in [-0.15, -0.1) is 0 Å². The van der Waals surface area contributed by atoms with Gasteiger partial charge < -0.3 is 19.9 Å². The second kappa shape index (κ2) is 9.93. The van der Waals surface area contributed by atoms with E-state index in [-0.39, 0.29) is 11.5 Å². The number of halogens is 1. The van der Waals surface area contributed by atoms with Crippen molar-refractivity contribution in [2.75, 3.05) is 19.0 Å². The van der Waals surface area contributed by atoms with Crippen LogP contribution in [0.3, 0.4) is 0 Å². The highest BCUT2D eigenvalue weighted by molar-refractivity contribution is 6.41. The van der Waals surface area contributed by atoms with E-state index >= 15 is 0 Å². The number of nitrogens with one attached hydrogen (secondary N) is 2. The lowest BCUT2D eigenvalue weighted by Gasteiger charge is -2.09. The number of carboxylic acids is 1. The zero-order chi connectivity index (χ0) is 20.5. The minimum atomic E-state index is -1.12. The molecule has 9 nitrogen and oxygen atoms in total. The molecule has 2 rings (SSSR count). The van der Waals surface area contributed by atoms with E-state index in [4.69, 9.17) is 26.2 Å². The van der Waals surface area contributed by atoms with Crippen LogP contribution in [0.5, 0.6) is 11.5 Å². The number of hydrazone groups is 1. The van der Waals surface area contributed by atoms with E-state index in [0.29, 0.717) is 16.3 Å². The molecule has 0 unspecified atom stereocenters. The Morgan fingerprint density at radius 2 is 1.89 bits per heavy atom. The van der Waals surface area contributed by atoms with Gasteiger partial charge in [0.1, 0.15) is 0 Å². The number of amides is 2. The highest BCUT2D eigenvalue weighted by Gasteiger charge is 2.14. The highest BCUT2D eigenvalue weighted by atomic mass is 35.5. The monoisotopic (exact) mass is 405 g/mol. The van der Waals surface area contributed by atoms with Crippen LogP contribution in [0.15, 0.2) is 47.6 Å². The smallest absolute Gasteiger partial charge is 0.341 e. The number of hydrogen-bond donors (Lipinski definition) is 3. The van der Waals surface area contributed by atoms with Crippen molar-refractivity contribution in [1.29, 1.82) is 0 Å². The quantitative estimate of drug-likeness (QED) is 0.367. The van der Waals surface area contributed by atoms with Crippen LogP contribution in [0.25, 0.3) is 0 Å². The number of ether oxygens (including phenoxy) is 2. The molecule has 3 N–H and O–H groups in total. The van der Waals surface area contributed by atoms with Crippen LogP contribution >= 0.6 is 11.6 Å². The highest BCUT2D eigenvalue weighted by Crippen LogP contribution is 2.27. The molecule has 0 saturated carbocycles. The van der Waals surface area contributed by atoms with E-state index < -0.39 is 24.4 Å². The summed E-state index contributed by atoms with van der Waals surface area (Å²) in [5.74, 6) is -2.51. The van der Waals surface area contributed by atoms with Crippen molar-refractivity contribution in [1.82, 2.24) is 5.43 Å².